The molecule has 1 saturated carbocycles. The molecule has 20 heavy (non-hydrogen) atoms. The van der Waals surface area contributed by atoms with Gasteiger partial charge in [0.25, 0.3) is 0 Å². The van der Waals surface area contributed by atoms with Gasteiger partial charge in [-0.2, -0.15) is 0 Å². The molecular formula is C17H25NO2. The molecule has 0 bridgehead atoms. The van der Waals surface area contributed by atoms with Crippen LogP contribution in [0.3, 0.4) is 0 Å². The van der Waals surface area contributed by atoms with E-state index in [4.69, 9.17) is 4.74 Å². The number of amides is 1. The van der Waals surface area contributed by atoms with Crippen LogP contribution in [0.2, 0.25) is 0 Å². The first-order chi connectivity index (χ1) is 9.66. The Morgan fingerprint density at radius 2 is 1.85 bits per heavy atom. The van der Waals surface area contributed by atoms with Crippen LogP contribution in [-0.4, -0.2) is 31.0 Å². The Morgan fingerprint density at radius 1 is 1.20 bits per heavy atom. The van der Waals surface area contributed by atoms with Gasteiger partial charge in [0.05, 0.1) is 6.54 Å². The predicted octanol–water partition coefficient (Wildman–Crippen LogP) is 3.35. The summed E-state index contributed by atoms with van der Waals surface area (Å²) in [5.41, 5.74) is 0. The number of likely N-dealkylation sites (N-methyl/N-ethyl adjacent to an activating group) is 1. The van der Waals surface area contributed by atoms with Crippen molar-refractivity contribution >= 4 is 5.91 Å². The normalized spacial score (nSPS) is 22.3. The Hall–Kier alpha value is -1.51. The number of ether oxygens (including phenoxy) is 1. The number of nitrogens with zero attached hydrogens (tertiary/aromatic N) is 1. The SMILES string of the molecule is CC1CCC(C(=O)N(C)CCOc2ccccc2)CC1. The van der Waals surface area contributed by atoms with E-state index in [1.54, 1.807) is 0 Å². The molecule has 1 aliphatic rings. The van der Waals surface area contributed by atoms with Gasteiger partial charge in [-0.1, -0.05) is 25.1 Å². The summed E-state index contributed by atoms with van der Waals surface area (Å²) < 4.78 is 5.64. The topological polar surface area (TPSA) is 29.5 Å². The molecular weight excluding hydrogens is 250 g/mol. The molecule has 1 aromatic carbocycles. The average molecular weight is 275 g/mol. The van der Waals surface area contributed by atoms with E-state index in [-0.39, 0.29) is 11.8 Å². The Kier molecular flexibility index (Phi) is 5.45. The first-order valence-electron chi connectivity index (χ1n) is 7.59. The molecule has 0 N–H and O–H groups in total. The fourth-order valence-corrected chi connectivity index (χ4v) is 2.75. The smallest absolute Gasteiger partial charge is 0.225 e. The quantitative estimate of drug-likeness (QED) is 0.824. The molecule has 1 aromatic rings. The third-order valence-corrected chi connectivity index (χ3v) is 4.18. The zero-order valence-corrected chi connectivity index (χ0v) is 12.5. The molecule has 0 saturated heterocycles. The summed E-state index contributed by atoms with van der Waals surface area (Å²) in [5.74, 6) is 2.16. The van der Waals surface area contributed by atoms with Crippen LogP contribution in [0.25, 0.3) is 0 Å². The Morgan fingerprint density at radius 3 is 2.50 bits per heavy atom. The first-order valence-corrected chi connectivity index (χ1v) is 7.59. The second kappa shape index (κ2) is 7.32. The van der Waals surface area contributed by atoms with Crippen molar-refractivity contribution < 1.29 is 9.53 Å². The van der Waals surface area contributed by atoms with Gasteiger partial charge < -0.3 is 9.64 Å². The zero-order chi connectivity index (χ0) is 14.4. The summed E-state index contributed by atoms with van der Waals surface area (Å²) in [6.07, 6.45) is 4.46. The number of hydrogen-bond acceptors (Lipinski definition) is 2. The van der Waals surface area contributed by atoms with Crippen molar-refractivity contribution in [3.05, 3.63) is 30.3 Å². The predicted molar refractivity (Wildman–Crippen MR) is 80.7 cm³/mol. The van der Waals surface area contributed by atoms with Crippen LogP contribution in [0.5, 0.6) is 5.75 Å². The standard InChI is InChI=1S/C17H25NO2/c1-14-8-10-15(11-9-14)17(19)18(2)12-13-20-16-6-4-3-5-7-16/h3-7,14-15H,8-13H2,1-2H3. The van der Waals surface area contributed by atoms with Crippen LogP contribution in [0.4, 0.5) is 0 Å². The minimum absolute atomic E-state index is 0.230. The molecule has 0 spiro atoms. The molecule has 0 radical (unpaired) electrons. The maximum absolute atomic E-state index is 12.3. The number of carbonyl (C=O) groups is 1. The number of hydrogen-bond donors (Lipinski definition) is 0. The Balaban J connectivity index is 1.71. The van der Waals surface area contributed by atoms with Crippen molar-refractivity contribution in [3.63, 3.8) is 0 Å². The first kappa shape index (κ1) is 14.9. The molecule has 2 rings (SSSR count). The van der Waals surface area contributed by atoms with Crippen LogP contribution in [0.15, 0.2) is 30.3 Å². The fraction of sp³-hybridized carbons (Fsp3) is 0.588. The molecule has 1 fully saturated rings. The highest BCUT2D eigenvalue weighted by Crippen LogP contribution is 2.29. The number of para-hydroxylation sites is 1. The number of rotatable bonds is 5. The van der Waals surface area contributed by atoms with E-state index < -0.39 is 0 Å². The highest BCUT2D eigenvalue weighted by Gasteiger charge is 2.26. The lowest BCUT2D eigenvalue weighted by Crippen LogP contribution is -2.37. The van der Waals surface area contributed by atoms with E-state index in [9.17, 15) is 4.79 Å². The van der Waals surface area contributed by atoms with Crippen LogP contribution in [-0.2, 0) is 4.79 Å². The summed E-state index contributed by atoms with van der Waals surface area (Å²) in [7, 11) is 1.88. The molecule has 0 atom stereocenters. The van der Waals surface area contributed by atoms with Crippen molar-refractivity contribution in [2.24, 2.45) is 11.8 Å². The number of carbonyl (C=O) groups excluding carboxylic acids is 1. The third kappa shape index (κ3) is 4.26. The molecule has 0 unspecified atom stereocenters. The minimum atomic E-state index is 0.230. The van der Waals surface area contributed by atoms with Crippen LogP contribution in [0, 0.1) is 11.8 Å². The average Bonchev–Trinajstić information content (AvgIpc) is 2.48. The largest absolute Gasteiger partial charge is 0.492 e. The molecule has 0 aliphatic heterocycles. The monoisotopic (exact) mass is 275 g/mol. The van der Waals surface area contributed by atoms with Gasteiger partial charge in [0.15, 0.2) is 0 Å². The van der Waals surface area contributed by atoms with Gasteiger partial charge in [0, 0.05) is 13.0 Å². The molecule has 0 aromatic heterocycles. The van der Waals surface area contributed by atoms with Gasteiger partial charge in [-0.25, -0.2) is 0 Å². The lowest BCUT2D eigenvalue weighted by atomic mass is 9.82. The molecule has 3 heteroatoms. The van der Waals surface area contributed by atoms with E-state index in [2.05, 4.69) is 6.92 Å². The van der Waals surface area contributed by atoms with Gasteiger partial charge in [-0.05, 0) is 43.7 Å². The summed E-state index contributed by atoms with van der Waals surface area (Å²) in [5, 5.41) is 0. The molecule has 1 aliphatic carbocycles. The van der Waals surface area contributed by atoms with Gasteiger partial charge >= 0.3 is 0 Å². The van der Waals surface area contributed by atoms with Gasteiger partial charge in [0.2, 0.25) is 5.91 Å². The van der Waals surface area contributed by atoms with Crippen molar-refractivity contribution in [3.8, 4) is 5.75 Å². The maximum Gasteiger partial charge on any atom is 0.225 e. The van der Waals surface area contributed by atoms with Crippen molar-refractivity contribution in [2.75, 3.05) is 20.2 Å². The van der Waals surface area contributed by atoms with Crippen LogP contribution in [0.1, 0.15) is 32.6 Å². The molecule has 0 heterocycles. The fourth-order valence-electron chi connectivity index (χ4n) is 2.75. The van der Waals surface area contributed by atoms with E-state index in [1.165, 1.54) is 12.8 Å². The Labute approximate surface area is 121 Å². The molecule has 110 valence electrons. The highest BCUT2D eigenvalue weighted by molar-refractivity contribution is 5.78. The van der Waals surface area contributed by atoms with Crippen LogP contribution >= 0.6 is 0 Å². The van der Waals surface area contributed by atoms with Gasteiger partial charge in [-0.15, -0.1) is 0 Å². The van der Waals surface area contributed by atoms with Crippen molar-refractivity contribution in [1.82, 2.24) is 4.90 Å². The minimum Gasteiger partial charge on any atom is -0.492 e. The van der Waals surface area contributed by atoms with Crippen LogP contribution < -0.4 is 4.74 Å². The second-order valence-electron chi connectivity index (χ2n) is 5.88. The van der Waals surface area contributed by atoms with Crippen molar-refractivity contribution in [2.45, 2.75) is 32.6 Å². The number of benzene rings is 1. The van der Waals surface area contributed by atoms with E-state index >= 15 is 0 Å². The zero-order valence-electron chi connectivity index (χ0n) is 12.5. The van der Waals surface area contributed by atoms with Gasteiger partial charge in [0.1, 0.15) is 12.4 Å². The maximum atomic E-state index is 12.3. The Bertz CT molecular complexity index is 410. The van der Waals surface area contributed by atoms with E-state index in [0.29, 0.717) is 13.2 Å². The summed E-state index contributed by atoms with van der Waals surface area (Å²) in [6.45, 7) is 3.48. The lowest BCUT2D eigenvalue weighted by molar-refractivity contribution is -0.135. The summed E-state index contributed by atoms with van der Waals surface area (Å²) in [4.78, 5) is 14.1. The second-order valence-corrected chi connectivity index (χ2v) is 5.88. The summed E-state index contributed by atoms with van der Waals surface area (Å²) >= 11 is 0. The lowest BCUT2D eigenvalue weighted by Gasteiger charge is -2.29. The third-order valence-electron chi connectivity index (χ3n) is 4.18. The molecule has 1 amide bonds. The van der Waals surface area contributed by atoms with E-state index in [1.807, 2.05) is 42.3 Å². The van der Waals surface area contributed by atoms with E-state index in [0.717, 1.165) is 24.5 Å². The van der Waals surface area contributed by atoms with Crippen molar-refractivity contribution in [1.29, 1.82) is 0 Å². The highest BCUT2D eigenvalue weighted by atomic mass is 16.5. The molecule has 3 nitrogen and oxygen atoms in total. The van der Waals surface area contributed by atoms with Gasteiger partial charge in [-0.3, -0.25) is 4.79 Å². The summed E-state index contributed by atoms with van der Waals surface area (Å²) in [6, 6.07) is 9.74.